The number of H-pyrrole nitrogens is 1. The number of anilines is 1. The second-order valence-electron chi connectivity index (χ2n) is 7.79. The van der Waals surface area contributed by atoms with E-state index in [0.717, 1.165) is 0 Å². The van der Waals surface area contributed by atoms with Crippen LogP contribution in [0.25, 0.3) is 16.6 Å². The summed E-state index contributed by atoms with van der Waals surface area (Å²) in [5, 5.41) is 8.78. The van der Waals surface area contributed by atoms with Gasteiger partial charge in [-0.3, -0.25) is 0 Å². The number of hydrogen-bond donors (Lipinski definition) is 2. The highest BCUT2D eigenvalue weighted by molar-refractivity contribution is 7.93. The maximum Gasteiger partial charge on any atom is 0.266 e. The van der Waals surface area contributed by atoms with E-state index in [9.17, 15) is 12.8 Å². The molecule has 4 aromatic rings. The fourth-order valence-electron chi connectivity index (χ4n) is 3.18. The van der Waals surface area contributed by atoms with Crippen LogP contribution in [0.1, 0.15) is 13.8 Å². The Bertz CT molecular complexity index is 1450. The summed E-state index contributed by atoms with van der Waals surface area (Å²) in [5.74, 6) is -0.706. The fourth-order valence-corrected chi connectivity index (χ4v) is 4.53. The Balaban J connectivity index is 1.75. The number of alkyl halides is 1. The van der Waals surface area contributed by atoms with Crippen LogP contribution in [0.3, 0.4) is 0 Å². The summed E-state index contributed by atoms with van der Waals surface area (Å²) in [4.78, 5) is 12.2. The zero-order valence-corrected chi connectivity index (χ0v) is 20.6. The van der Waals surface area contributed by atoms with Gasteiger partial charge in [0.15, 0.2) is 0 Å². The van der Waals surface area contributed by atoms with E-state index in [2.05, 4.69) is 29.9 Å². The molecule has 186 valence electrons. The predicted molar refractivity (Wildman–Crippen MR) is 125 cm³/mol. The van der Waals surface area contributed by atoms with Crippen molar-refractivity contribution in [1.29, 1.82) is 0 Å². The van der Waals surface area contributed by atoms with Gasteiger partial charge >= 0.3 is 0 Å². The predicted octanol–water partition coefficient (Wildman–Crippen LogP) is 3.14. The van der Waals surface area contributed by atoms with Gasteiger partial charge in [0.2, 0.25) is 11.7 Å². The molecule has 0 atom stereocenters. The average molecular weight is 526 g/mol. The third kappa shape index (κ3) is 4.66. The third-order valence-corrected chi connectivity index (χ3v) is 6.44. The molecule has 0 saturated carbocycles. The first-order valence-electron chi connectivity index (χ1n) is 10.0. The van der Waals surface area contributed by atoms with E-state index in [1.54, 1.807) is 6.07 Å². The Morgan fingerprint density at radius 2 is 1.77 bits per heavy atom. The van der Waals surface area contributed by atoms with Crippen molar-refractivity contribution in [3.05, 3.63) is 35.7 Å². The van der Waals surface area contributed by atoms with Crippen LogP contribution in [0.4, 0.5) is 10.3 Å². The lowest BCUT2D eigenvalue weighted by molar-refractivity contribution is 0.0700. The van der Waals surface area contributed by atoms with Crippen LogP contribution in [0, 0.1) is 0 Å². The van der Waals surface area contributed by atoms with Gasteiger partial charge in [-0.25, -0.2) is 17.5 Å². The van der Waals surface area contributed by atoms with Crippen LogP contribution in [0.15, 0.2) is 35.6 Å². The van der Waals surface area contributed by atoms with E-state index in [1.165, 1.54) is 57.5 Å². The second kappa shape index (κ2) is 9.19. The van der Waals surface area contributed by atoms with Gasteiger partial charge in [0.25, 0.3) is 21.8 Å². The largest absolute Gasteiger partial charge is 0.478 e. The molecule has 0 saturated heterocycles. The molecular weight excluding hydrogens is 505 g/mol. The molecule has 1 aromatic carbocycles. The maximum atomic E-state index is 13.3. The van der Waals surface area contributed by atoms with E-state index in [4.69, 9.17) is 25.8 Å². The maximum absolute atomic E-state index is 13.3. The van der Waals surface area contributed by atoms with E-state index in [-0.39, 0.29) is 28.4 Å². The molecule has 0 aliphatic carbocycles. The number of halogens is 2. The molecule has 35 heavy (non-hydrogen) atoms. The van der Waals surface area contributed by atoms with Crippen molar-refractivity contribution in [2.75, 3.05) is 25.6 Å². The number of nitrogens with one attached hydrogen (secondary N) is 2. The Morgan fingerprint density at radius 3 is 2.34 bits per heavy atom. The molecule has 3 heterocycles. The second-order valence-corrected chi connectivity index (χ2v) is 9.84. The molecule has 3 aromatic heterocycles. The zero-order chi connectivity index (χ0) is 25.4. The van der Waals surface area contributed by atoms with E-state index >= 15 is 0 Å². The fraction of sp³-hybridized carbons (Fsp3) is 0.300. The molecule has 0 radical (unpaired) electrons. The van der Waals surface area contributed by atoms with Crippen molar-refractivity contribution in [2.24, 2.45) is 0 Å². The monoisotopic (exact) mass is 525 g/mol. The number of aromatic nitrogens is 6. The highest BCUT2D eigenvalue weighted by atomic mass is 35.5. The van der Waals surface area contributed by atoms with Crippen LogP contribution in [0.5, 0.6) is 17.5 Å². The van der Waals surface area contributed by atoms with Crippen molar-refractivity contribution >= 4 is 38.5 Å². The molecule has 0 spiro atoms. The van der Waals surface area contributed by atoms with Gasteiger partial charge in [-0.2, -0.15) is 20.2 Å². The number of sulfonamides is 1. The van der Waals surface area contributed by atoms with Gasteiger partial charge in [0.1, 0.15) is 22.9 Å². The molecule has 0 bridgehead atoms. The lowest BCUT2D eigenvalue weighted by atomic mass is 10.2. The molecule has 15 heteroatoms. The summed E-state index contributed by atoms with van der Waals surface area (Å²) in [6, 6.07) is 3.09. The Morgan fingerprint density at radius 1 is 1.14 bits per heavy atom. The quantitative estimate of drug-likeness (QED) is 0.336. The number of ether oxygens (including phenoxy) is 3. The van der Waals surface area contributed by atoms with E-state index in [1.807, 2.05) is 0 Å². The summed E-state index contributed by atoms with van der Waals surface area (Å²) in [6.07, 6.45) is 4.24. The zero-order valence-electron chi connectivity index (χ0n) is 19.0. The van der Waals surface area contributed by atoms with E-state index in [0.29, 0.717) is 21.6 Å². The number of fused-ring (bicyclic) bond motifs is 1. The minimum Gasteiger partial charge on any atom is -0.478 e. The van der Waals surface area contributed by atoms with E-state index < -0.39 is 22.3 Å². The first-order chi connectivity index (χ1) is 16.6. The van der Waals surface area contributed by atoms with Gasteiger partial charge in [0.05, 0.1) is 37.2 Å². The lowest BCUT2D eigenvalue weighted by Crippen LogP contribution is -2.31. The van der Waals surface area contributed by atoms with Crippen LogP contribution in [-0.2, 0) is 10.0 Å². The SMILES string of the molecule is COc1nc(NS(=O)(=O)c2c[nH]c3c(-n4nccn4)c(Cl)ccc23)nc(OC)c1OC(C)(C)CF. The van der Waals surface area contributed by atoms with Crippen LogP contribution in [0.2, 0.25) is 5.02 Å². The minimum atomic E-state index is -4.21. The normalized spacial score (nSPS) is 12.1. The molecular formula is C20H21ClFN7O5S. The number of nitrogens with zero attached hydrogens (tertiary/aromatic N) is 5. The van der Waals surface area contributed by atoms with Crippen molar-refractivity contribution in [3.63, 3.8) is 0 Å². The van der Waals surface area contributed by atoms with Crippen LogP contribution < -0.4 is 18.9 Å². The highest BCUT2D eigenvalue weighted by Crippen LogP contribution is 2.38. The number of hydrogen-bond acceptors (Lipinski definition) is 9. The first kappa shape index (κ1) is 24.5. The standard InChI is InChI=1S/C20H21ClFN7O5S/c1-20(2,10-22)34-16-17(32-3)26-19(27-18(16)33-4)28-35(30,31)13-9-23-14-11(13)5-6-12(21)15(14)29-24-7-8-25-29/h5-9,23H,10H2,1-4H3,(H,26,27,28). The number of methoxy groups -OCH3 is 2. The van der Waals surface area contributed by atoms with Crippen LogP contribution >= 0.6 is 11.6 Å². The van der Waals surface area contributed by atoms with Gasteiger partial charge in [0, 0.05) is 11.6 Å². The molecule has 2 N–H and O–H groups in total. The number of aromatic amines is 1. The molecule has 0 unspecified atom stereocenters. The van der Waals surface area contributed by atoms with Crippen LogP contribution in [-0.4, -0.2) is 64.9 Å². The van der Waals surface area contributed by atoms with Gasteiger partial charge < -0.3 is 19.2 Å². The van der Waals surface area contributed by atoms with Gasteiger partial charge in [-0.1, -0.05) is 11.6 Å². The lowest BCUT2D eigenvalue weighted by Gasteiger charge is -2.24. The van der Waals surface area contributed by atoms with Crippen molar-refractivity contribution in [3.8, 4) is 23.2 Å². The third-order valence-electron chi connectivity index (χ3n) is 4.77. The minimum absolute atomic E-state index is 0.0706. The van der Waals surface area contributed by atoms with Crippen molar-refractivity contribution < 1.29 is 27.0 Å². The summed E-state index contributed by atoms with van der Waals surface area (Å²) in [6.45, 7) is 2.21. The summed E-state index contributed by atoms with van der Waals surface area (Å²) in [7, 11) is -1.62. The smallest absolute Gasteiger partial charge is 0.266 e. The number of rotatable bonds is 9. The molecule has 0 amide bonds. The molecule has 0 aliphatic rings. The van der Waals surface area contributed by atoms with Crippen molar-refractivity contribution in [1.82, 2.24) is 29.9 Å². The Labute approximate surface area is 204 Å². The topological polar surface area (TPSA) is 146 Å². The van der Waals surface area contributed by atoms with Gasteiger partial charge in [-0.05, 0) is 26.0 Å². The summed E-state index contributed by atoms with van der Waals surface area (Å²) >= 11 is 6.32. The molecule has 12 nitrogen and oxygen atoms in total. The highest BCUT2D eigenvalue weighted by Gasteiger charge is 2.29. The van der Waals surface area contributed by atoms with Gasteiger partial charge in [-0.15, -0.1) is 4.80 Å². The first-order valence-corrected chi connectivity index (χ1v) is 11.9. The summed E-state index contributed by atoms with van der Waals surface area (Å²) < 4.78 is 58.2. The Hall–Kier alpha value is -3.65. The Kier molecular flexibility index (Phi) is 6.42. The molecule has 4 rings (SSSR count). The average Bonchev–Trinajstić information content (AvgIpc) is 3.50. The number of benzene rings is 1. The molecule has 0 fully saturated rings. The van der Waals surface area contributed by atoms with Crippen molar-refractivity contribution in [2.45, 2.75) is 24.3 Å². The summed E-state index contributed by atoms with van der Waals surface area (Å²) in [5.41, 5.74) is -0.438. The molecule has 0 aliphatic heterocycles.